The summed E-state index contributed by atoms with van der Waals surface area (Å²) in [7, 11) is 0. The number of carboxylic acid groups (broad SMARTS) is 1. The Morgan fingerprint density at radius 1 is 1.80 bits per heavy atom. The molecule has 2 atom stereocenters. The van der Waals surface area contributed by atoms with E-state index in [2.05, 4.69) is 4.18 Å². The first-order valence-electron chi connectivity index (χ1n) is 3.77. The third-order valence-electron chi connectivity index (χ3n) is 1.59. The molecule has 15 heavy (non-hydrogen) atoms. The van der Waals surface area contributed by atoms with Crippen LogP contribution in [-0.4, -0.2) is 19.8 Å². The molecule has 6 nitrogen and oxygen atoms in total. The number of aromatic carboxylic acids is 1. The van der Waals surface area contributed by atoms with Crippen LogP contribution in [0.3, 0.4) is 0 Å². The Morgan fingerprint density at radius 3 is 2.80 bits per heavy atom. The van der Waals surface area contributed by atoms with Gasteiger partial charge in [0.05, 0.1) is 16.2 Å². The normalized spacial score (nSPS) is 14.9. The van der Waals surface area contributed by atoms with Gasteiger partial charge in [-0.25, -0.2) is 9.00 Å². The Bertz CT molecular complexity index is 402. The summed E-state index contributed by atoms with van der Waals surface area (Å²) in [6.45, 7) is 1.60. The molecule has 0 spiro atoms. The van der Waals surface area contributed by atoms with Crippen LogP contribution in [0.4, 0.5) is 0 Å². The Kier molecular flexibility index (Phi) is 3.94. The number of carboxylic acids is 1. The molecule has 0 fully saturated rings. The van der Waals surface area contributed by atoms with Crippen LogP contribution in [0.5, 0.6) is 0 Å². The molecule has 1 unspecified atom stereocenters. The lowest BCUT2D eigenvalue weighted by Crippen LogP contribution is -2.14. The van der Waals surface area contributed by atoms with Crippen molar-refractivity contribution < 1.29 is 22.8 Å². The van der Waals surface area contributed by atoms with Gasteiger partial charge in [-0.1, -0.05) is 0 Å². The molecule has 1 aromatic heterocycles. The highest BCUT2D eigenvalue weighted by atomic mass is 32.2. The van der Waals surface area contributed by atoms with Gasteiger partial charge < -0.3 is 15.4 Å². The summed E-state index contributed by atoms with van der Waals surface area (Å²) in [5.41, 5.74) is 5.91. The second-order valence-electron chi connectivity index (χ2n) is 2.69. The van der Waals surface area contributed by atoms with Gasteiger partial charge in [0.1, 0.15) is 4.88 Å². The van der Waals surface area contributed by atoms with Crippen LogP contribution in [0, 0.1) is 6.92 Å². The van der Waals surface area contributed by atoms with E-state index < -0.39 is 23.6 Å². The number of thiophene rings is 1. The molecule has 84 valence electrons. The van der Waals surface area contributed by atoms with Gasteiger partial charge >= 0.3 is 5.97 Å². The third-order valence-corrected chi connectivity index (χ3v) is 3.24. The van der Waals surface area contributed by atoms with Crippen molar-refractivity contribution in [2.45, 2.75) is 13.2 Å². The van der Waals surface area contributed by atoms with E-state index in [1.807, 2.05) is 0 Å². The second-order valence-corrected chi connectivity index (χ2v) is 4.37. The van der Waals surface area contributed by atoms with Gasteiger partial charge in [-0.05, 0) is 18.6 Å². The molecule has 0 saturated heterocycles. The largest absolute Gasteiger partial charge is 0.750 e. The minimum absolute atomic E-state index is 0.126. The standard InChI is InChI=1S/C7H9NO5S2/c1-3-2-4(6(8)13-15(11)12)14-5(3)7(9)10/h2,6H,8H2,1H3,(H,9,10)(H,11,12)/p-1/t6-/m1/s1. The molecule has 8 heteroatoms. The monoisotopic (exact) mass is 250 g/mol. The Balaban J connectivity index is 2.91. The molecule has 1 heterocycles. The van der Waals surface area contributed by atoms with Crippen LogP contribution in [0.25, 0.3) is 0 Å². The lowest BCUT2D eigenvalue weighted by molar-refractivity contribution is 0.0701. The maximum Gasteiger partial charge on any atom is 0.346 e. The zero-order chi connectivity index (χ0) is 11.6. The van der Waals surface area contributed by atoms with Crippen LogP contribution in [-0.2, 0) is 15.5 Å². The third kappa shape index (κ3) is 3.08. The first-order chi connectivity index (χ1) is 6.91. The molecular weight excluding hydrogens is 242 g/mol. The molecule has 0 aliphatic carbocycles. The number of rotatable bonds is 4. The van der Waals surface area contributed by atoms with Gasteiger partial charge in [0.25, 0.3) is 0 Å². The topological polar surface area (TPSA) is 113 Å². The van der Waals surface area contributed by atoms with E-state index in [1.54, 1.807) is 6.92 Å². The van der Waals surface area contributed by atoms with Crippen LogP contribution in [0.1, 0.15) is 26.3 Å². The van der Waals surface area contributed by atoms with E-state index in [0.717, 1.165) is 11.3 Å². The molecule has 0 radical (unpaired) electrons. The highest BCUT2D eigenvalue weighted by Crippen LogP contribution is 2.26. The minimum atomic E-state index is -2.72. The lowest BCUT2D eigenvalue weighted by Gasteiger charge is -2.11. The van der Waals surface area contributed by atoms with Gasteiger partial charge in [0, 0.05) is 0 Å². The summed E-state index contributed by atoms with van der Waals surface area (Å²) in [6.07, 6.45) is -1.15. The van der Waals surface area contributed by atoms with Crippen molar-refractivity contribution in [3.05, 3.63) is 21.4 Å². The Labute approximate surface area is 92.2 Å². The fourth-order valence-corrected chi connectivity index (χ4v) is 2.27. The van der Waals surface area contributed by atoms with E-state index in [4.69, 9.17) is 10.8 Å². The van der Waals surface area contributed by atoms with Crippen LogP contribution >= 0.6 is 11.3 Å². The van der Waals surface area contributed by atoms with Crippen molar-refractivity contribution in [2.75, 3.05) is 0 Å². The minimum Gasteiger partial charge on any atom is -0.750 e. The van der Waals surface area contributed by atoms with Crippen LogP contribution in [0.15, 0.2) is 6.07 Å². The number of aryl methyl sites for hydroxylation is 1. The summed E-state index contributed by atoms with van der Waals surface area (Å²) in [6, 6.07) is 1.49. The first kappa shape index (κ1) is 12.3. The number of hydrogen-bond donors (Lipinski definition) is 2. The quantitative estimate of drug-likeness (QED) is 0.595. The second kappa shape index (κ2) is 4.81. The summed E-state index contributed by atoms with van der Waals surface area (Å²) < 4.78 is 24.7. The molecular formula is C7H8NO5S2-. The Hall–Kier alpha value is -0.800. The lowest BCUT2D eigenvalue weighted by atomic mass is 10.2. The van der Waals surface area contributed by atoms with Crippen molar-refractivity contribution in [2.24, 2.45) is 5.73 Å². The zero-order valence-electron chi connectivity index (χ0n) is 7.63. The van der Waals surface area contributed by atoms with Crippen molar-refractivity contribution in [3.8, 4) is 0 Å². The molecule has 0 aliphatic heterocycles. The van der Waals surface area contributed by atoms with Crippen molar-refractivity contribution in [1.29, 1.82) is 0 Å². The number of nitrogens with two attached hydrogens (primary N) is 1. The molecule has 0 saturated carbocycles. The molecule has 3 N–H and O–H groups in total. The summed E-state index contributed by atoms with van der Waals surface area (Å²) in [4.78, 5) is 11.2. The Morgan fingerprint density at radius 2 is 2.40 bits per heavy atom. The fraction of sp³-hybridized carbons (Fsp3) is 0.286. The van der Waals surface area contributed by atoms with Crippen LogP contribution < -0.4 is 5.73 Å². The maximum atomic E-state index is 10.7. The average molecular weight is 250 g/mol. The van der Waals surface area contributed by atoms with Gasteiger partial charge in [0.15, 0.2) is 6.23 Å². The van der Waals surface area contributed by atoms with Gasteiger partial charge in [-0.2, -0.15) is 0 Å². The van der Waals surface area contributed by atoms with Gasteiger partial charge in [-0.3, -0.25) is 4.18 Å². The highest BCUT2D eigenvalue weighted by Gasteiger charge is 2.16. The highest BCUT2D eigenvalue weighted by molar-refractivity contribution is 7.74. The zero-order valence-corrected chi connectivity index (χ0v) is 9.26. The number of hydrogen-bond acceptors (Lipinski definition) is 6. The predicted octanol–water partition coefficient (Wildman–Crippen LogP) is 0.523. The SMILES string of the molecule is Cc1cc([C@H](N)OS(=O)[O-])sc1C(=O)O. The molecule has 0 aromatic carbocycles. The first-order valence-corrected chi connectivity index (χ1v) is 5.59. The predicted molar refractivity (Wildman–Crippen MR) is 52.9 cm³/mol. The van der Waals surface area contributed by atoms with Crippen molar-refractivity contribution in [3.63, 3.8) is 0 Å². The molecule has 1 rings (SSSR count). The molecule has 0 aliphatic rings. The van der Waals surface area contributed by atoms with E-state index in [1.165, 1.54) is 6.07 Å². The van der Waals surface area contributed by atoms with Crippen molar-refractivity contribution in [1.82, 2.24) is 0 Å². The maximum absolute atomic E-state index is 10.7. The molecule has 1 aromatic rings. The van der Waals surface area contributed by atoms with Crippen LogP contribution in [0.2, 0.25) is 0 Å². The van der Waals surface area contributed by atoms with E-state index in [-0.39, 0.29) is 4.88 Å². The van der Waals surface area contributed by atoms with E-state index in [0.29, 0.717) is 10.4 Å². The fourth-order valence-electron chi connectivity index (χ4n) is 0.991. The van der Waals surface area contributed by atoms with Gasteiger partial charge in [-0.15, -0.1) is 11.3 Å². The molecule has 0 amide bonds. The smallest absolute Gasteiger partial charge is 0.346 e. The number of carbonyl (C=O) groups is 1. The summed E-state index contributed by atoms with van der Waals surface area (Å²) in [5, 5.41) is 8.75. The molecule has 0 bridgehead atoms. The van der Waals surface area contributed by atoms with Gasteiger partial charge in [0.2, 0.25) is 0 Å². The van der Waals surface area contributed by atoms with E-state index in [9.17, 15) is 13.6 Å². The average Bonchev–Trinajstić information content (AvgIpc) is 2.46. The van der Waals surface area contributed by atoms with E-state index >= 15 is 0 Å². The van der Waals surface area contributed by atoms with Crippen molar-refractivity contribution >= 4 is 28.7 Å². The summed E-state index contributed by atoms with van der Waals surface area (Å²) >= 11 is -1.83. The summed E-state index contributed by atoms with van der Waals surface area (Å²) in [5.74, 6) is -1.07.